The molecule has 1 aromatic rings. The molecule has 0 amide bonds. The van der Waals surface area contributed by atoms with Gasteiger partial charge < -0.3 is 9.47 Å². The molecule has 0 radical (unpaired) electrons. The van der Waals surface area contributed by atoms with Crippen molar-refractivity contribution in [3.05, 3.63) is 19.1 Å². The number of fused-ring (bicyclic) bond motifs is 1. The number of H-pyrrole nitrogens is 1. The summed E-state index contributed by atoms with van der Waals surface area (Å²) in [6, 6.07) is -0.823. The first-order valence-corrected chi connectivity index (χ1v) is 8.95. The van der Waals surface area contributed by atoms with Crippen LogP contribution in [0.5, 0.6) is 0 Å². The van der Waals surface area contributed by atoms with Crippen LogP contribution >= 0.6 is 23.6 Å². The van der Waals surface area contributed by atoms with E-state index in [0.717, 1.165) is 5.01 Å². The van der Waals surface area contributed by atoms with E-state index in [9.17, 15) is 10.1 Å². The van der Waals surface area contributed by atoms with Gasteiger partial charge in [0, 0.05) is 49.5 Å². The van der Waals surface area contributed by atoms with Crippen molar-refractivity contribution >= 4 is 23.6 Å². The fraction of sp³-hybridized carbons (Fsp3) is 0.846. The molecule has 0 spiro atoms. The molecule has 2 fully saturated rings. The molecule has 3 rings (SSSR count). The Balaban J connectivity index is 1.96. The van der Waals surface area contributed by atoms with E-state index in [4.69, 9.17) is 21.7 Å². The van der Waals surface area contributed by atoms with Crippen molar-refractivity contribution in [3.8, 4) is 0 Å². The van der Waals surface area contributed by atoms with Crippen LogP contribution in [0.2, 0.25) is 0 Å². The molecule has 0 bridgehead atoms. The van der Waals surface area contributed by atoms with E-state index in [0.29, 0.717) is 10.4 Å². The maximum Gasteiger partial charge on any atom is 0.217 e. The molecule has 1 aliphatic heterocycles. The minimum Gasteiger partial charge on any atom is -0.362 e. The van der Waals surface area contributed by atoms with Gasteiger partial charge in [-0.15, -0.1) is 0 Å². The van der Waals surface area contributed by atoms with Crippen molar-refractivity contribution in [2.75, 3.05) is 14.2 Å². The minimum absolute atomic E-state index is 0.0542. The van der Waals surface area contributed by atoms with Crippen LogP contribution in [0.4, 0.5) is 0 Å². The summed E-state index contributed by atoms with van der Waals surface area (Å²) >= 11 is 6.51. The first-order valence-electron chi connectivity index (χ1n) is 7.72. The van der Waals surface area contributed by atoms with Crippen LogP contribution in [0.25, 0.3) is 0 Å². The van der Waals surface area contributed by atoms with E-state index in [2.05, 4.69) is 20.8 Å². The Hall–Kier alpha value is -0.980. The van der Waals surface area contributed by atoms with Crippen LogP contribution in [0.15, 0.2) is 0 Å². The highest BCUT2D eigenvalue weighted by molar-refractivity contribution is 7.73. The summed E-state index contributed by atoms with van der Waals surface area (Å²) in [5.74, 6) is -0.318. The lowest BCUT2D eigenvalue weighted by Crippen LogP contribution is -2.71. The van der Waals surface area contributed by atoms with E-state index in [1.54, 1.807) is 14.2 Å². The Labute approximate surface area is 148 Å². The van der Waals surface area contributed by atoms with Crippen molar-refractivity contribution in [2.45, 2.75) is 49.8 Å². The lowest BCUT2D eigenvalue weighted by Gasteiger charge is -2.49. The number of methoxy groups -OCH3 is 2. The highest BCUT2D eigenvalue weighted by Crippen LogP contribution is 2.41. The van der Waals surface area contributed by atoms with Crippen LogP contribution in [0.1, 0.15) is 24.3 Å². The fourth-order valence-electron chi connectivity index (χ4n) is 3.83. The van der Waals surface area contributed by atoms with Gasteiger partial charge in [0.15, 0.2) is 3.95 Å². The topological polar surface area (TPSA) is 114 Å². The second kappa shape index (κ2) is 7.10. The third-order valence-corrected chi connectivity index (χ3v) is 6.21. The van der Waals surface area contributed by atoms with Gasteiger partial charge in [-0.1, -0.05) is 18.3 Å². The molecule has 7 unspecified atom stereocenters. The quantitative estimate of drug-likeness (QED) is 0.403. The number of rotatable bonds is 4. The predicted molar refractivity (Wildman–Crippen MR) is 90.0 cm³/mol. The fourth-order valence-corrected chi connectivity index (χ4v) is 5.00. The van der Waals surface area contributed by atoms with Gasteiger partial charge in [0.25, 0.3) is 0 Å². The Bertz CT molecular complexity index is 652. The van der Waals surface area contributed by atoms with Crippen molar-refractivity contribution in [1.29, 1.82) is 0 Å². The van der Waals surface area contributed by atoms with Gasteiger partial charge in [-0.25, -0.2) is 0 Å². The molecule has 7 atom stereocenters. The van der Waals surface area contributed by atoms with Crippen LogP contribution < -0.4 is 10.6 Å². The smallest absolute Gasteiger partial charge is 0.217 e. The summed E-state index contributed by atoms with van der Waals surface area (Å²) in [6.07, 6.45) is -0.283. The highest BCUT2D eigenvalue weighted by Gasteiger charge is 2.53. The average Bonchev–Trinajstić information content (AvgIpc) is 2.98. The van der Waals surface area contributed by atoms with Gasteiger partial charge in [-0.2, -0.15) is 5.10 Å². The van der Waals surface area contributed by atoms with E-state index in [-0.39, 0.29) is 41.3 Å². The second-order valence-corrected chi connectivity index (χ2v) is 7.90. The molecule has 1 saturated heterocycles. The van der Waals surface area contributed by atoms with Gasteiger partial charge in [-0.05, 0) is 12.2 Å². The molecule has 0 aromatic carbocycles. The van der Waals surface area contributed by atoms with Gasteiger partial charge >= 0.3 is 0 Å². The number of nitro groups is 1. The Morgan fingerprint density at radius 3 is 2.54 bits per heavy atom. The molecular weight excluding hydrogens is 354 g/mol. The van der Waals surface area contributed by atoms with Crippen LogP contribution in [0.3, 0.4) is 0 Å². The summed E-state index contributed by atoms with van der Waals surface area (Å²) in [4.78, 5) is 11.4. The number of piperazine rings is 1. The average molecular weight is 375 g/mol. The molecule has 11 heteroatoms. The van der Waals surface area contributed by atoms with E-state index >= 15 is 0 Å². The zero-order valence-corrected chi connectivity index (χ0v) is 15.2. The predicted octanol–water partition coefficient (Wildman–Crippen LogP) is 0.844. The third kappa shape index (κ3) is 3.11. The van der Waals surface area contributed by atoms with Crippen molar-refractivity contribution in [3.63, 3.8) is 0 Å². The van der Waals surface area contributed by atoms with Crippen LogP contribution in [-0.4, -0.2) is 59.9 Å². The second-order valence-electron chi connectivity index (χ2n) is 6.20. The summed E-state index contributed by atoms with van der Waals surface area (Å²) in [6.45, 7) is 1.91. The standard InChI is InChI=1S/C13H21N5O4S2/c1-5-7(18(19)20)4-6-9(8(5)12-16-17-13(23)24-12)15-11(22-3)10(14-6)21-2/h5-11,14-15H,4H2,1-3H3,(H,17,23). The number of hydrogen-bond acceptors (Lipinski definition) is 9. The molecule has 1 aliphatic carbocycles. The normalized spacial score (nSPS) is 39.4. The maximum absolute atomic E-state index is 11.5. The van der Waals surface area contributed by atoms with Crippen molar-refractivity contribution < 1.29 is 14.4 Å². The SMILES string of the molecule is COC1NC2CC([N+](=O)[O-])C(C)C(c3n[nH]c(=S)s3)C2NC1OC. The monoisotopic (exact) mass is 375 g/mol. The zero-order chi connectivity index (χ0) is 17.4. The number of ether oxygens (including phenoxy) is 2. The molecule has 3 N–H and O–H groups in total. The van der Waals surface area contributed by atoms with Crippen molar-refractivity contribution in [2.24, 2.45) is 5.92 Å². The van der Waals surface area contributed by atoms with E-state index in [1.807, 2.05) is 6.92 Å². The Morgan fingerprint density at radius 2 is 2.00 bits per heavy atom. The largest absolute Gasteiger partial charge is 0.362 e. The number of nitrogens with zero attached hydrogens (tertiary/aromatic N) is 2. The van der Waals surface area contributed by atoms with Crippen molar-refractivity contribution in [1.82, 2.24) is 20.8 Å². The zero-order valence-electron chi connectivity index (χ0n) is 13.6. The molecular formula is C13H21N5O4S2. The van der Waals surface area contributed by atoms with E-state index < -0.39 is 6.04 Å². The lowest BCUT2D eigenvalue weighted by atomic mass is 9.70. The Kier molecular flexibility index (Phi) is 5.27. The number of aromatic nitrogens is 2. The molecule has 9 nitrogen and oxygen atoms in total. The summed E-state index contributed by atoms with van der Waals surface area (Å²) in [7, 11) is 3.18. The first-order chi connectivity index (χ1) is 11.5. The molecule has 24 heavy (non-hydrogen) atoms. The summed E-state index contributed by atoms with van der Waals surface area (Å²) in [5, 5.41) is 26.2. The van der Waals surface area contributed by atoms with Crippen LogP contribution in [-0.2, 0) is 9.47 Å². The number of hydrogen-bond donors (Lipinski definition) is 3. The maximum atomic E-state index is 11.5. The summed E-state index contributed by atoms with van der Waals surface area (Å²) < 4.78 is 11.4. The number of aromatic amines is 1. The van der Waals surface area contributed by atoms with Crippen LogP contribution in [0, 0.1) is 20.0 Å². The molecule has 1 saturated carbocycles. The molecule has 1 aromatic heterocycles. The number of nitrogens with one attached hydrogen (secondary N) is 3. The Morgan fingerprint density at radius 1 is 1.33 bits per heavy atom. The molecule has 2 aliphatic rings. The van der Waals surface area contributed by atoms with Gasteiger partial charge in [0.1, 0.15) is 17.5 Å². The molecule has 2 heterocycles. The molecule has 134 valence electrons. The van der Waals surface area contributed by atoms with E-state index in [1.165, 1.54) is 11.3 Å². The lowest BCUT2D eigenvalue weighted by molar-refractivity contribution is -0.537. The first kappa shape index (κ1) is 17.8. The minimum atomic E-state index is -0.653. The van der Waals surface area contributed by atoms with Gasteiger partial charge in [0.05, 0.1) is 0 Å². The highest BCUT2D eigenvalue weighted by atomic mass is 32.1. The van der Waals surface area contributed by atoms with Gasteiger partial charge in [0.2, 0.25) is 6.04 Å². The third-order valence-electron chi connectivity index (χ3n) is 5.02. The summed E-state index contributed by atoms with van der Waals surface area (Å²) in [5.41, 5.74) is 0. The van der Waals surface area contributed by atoms with Gasteiger partial charge in [-0.3, -0.25) is 25.8 Å².